The average Bonchev–Trinajstić information content (AvgIpc) is 1.59. The van der Waals surface area contributed by atoms with Crippen molar-refractivity contribution in [3.05, 3.63) is 388 Å². The van der Waals surface area contributed by atoms with Crippen LogP contribution >= 0.6 is 0 Å². The van der Waals surface area contributed by atoms with Gasteiger partial charge in [-0.15, -0.1) is 0 Å². The summed E-state index contributed by atoms with van der Waals surface area (Å²) in [5.74, 6) is 0. The molecule has 0 N–H and O–H groups in total. The van der Waals surface area contributed by atoms with Crippen molar-refractivity contribution in [2.24, 2.45) is 0 Å². The van der Waals surface area contributed by atoms with Crippen molar-refractivity contribution >= 4 is 117 Å². The van der Waals surface area contributed by atoms with Crippen LogP contribution in [0, 0.1) is 0 Å². The Balaban J connectivity index is 0.624. The Kier molecular flexibility index (Phi) is 14.8. The Morgan fingerprint density at radius 2 is 0.422 bits per heavy atom. The maximum atomic E-state index is 6.28. The van der Waals surface area contributed by atoms with E-state index in [0.29, 0.717) is 0 Å². The fourth-order valence-corrected chi connectivity index (χ4v) is 14.9. The lowest BCUT2D eigenvalue weighted by Crippen LogP contribution is -2.10. The molecule has 0 fully saturated rings. The predicted octanol–water partition coefficient (Wildman–Crippen LogP) is 27.3. The molecule has 3 aromatic heterocycles. The van der Waals surface area contributed by atoms with E-state index < -0.39 is 0 Å². The Bertz CT molecular complexity index is 5960. The van der Waals surface area contributed by atoms with Gasteiger partial charge in [-0.25, -0.2) is 0 Å². The molecule has 0 aliphatic heterocycles. The van der Waals surface area contributed by atoms with Gasteiger partial charge in [0.25, 0.3) is 0 Å². The third kappa shape index (κ3) is 10.9. The first-order valence-electron chi connectivity index (χ1n) is 34.7. The quantitative estimate of drug-likeness (QED) is 0.102. The molecule has 19 rings (SSSR count). The van der Waals surface area contributed by atoms with Crippen LogP contribution < -0.4 is 14.7 Å². The highest BCUT2D eigenvalue weighted by Gasteiger charge is 2.20. The van der Waals surface area contributed by atoms with E-state index in [2.05, 4.69) is 383 Å². The Morgan fingerprint density at radius 3 is 0.794 bits per heavy atom. The summed E-state index contributed by atoms with van der Waals surface area (Å²) >= 11 is 0. The lowest BCUT2D eigenvalue weighted by Gasteiger charge is -2.27. The number of hydrogen-bond donors (Lipinski definition) is 0. The lowest BCUT2D eigenvalue weighted by molar-refractivity contribution is 0.668. The van der Waals surface area contributed by atoms with E-state index in [1.807, 2.05) is 24.3 Å². The van der Waals surface area contributed by atoms with Gasteiger partial charge in [0.2, 0.25) is 0 Å². The number of rotatable bonds is 15. The smallest absolute Gasteiger partial charge is 0.136 e. The molecule has 0 spiro atoms. The minimum Gasteiger partial charge on any atom is -0.456 e. The van der Waals surface area contributed by atoms with Gasteiger partial charge < -0.3 is 28.1 Å². The molecule has 0 saturated carbocycles. The first-order chi connectivity index (χ1) is 50.5. The van der Waals surface area contributed by atoms with Crippen molar-refractivity contribution in [3.8, 4) is 61.3 Å². The van der Waals surface area contributed by atoms with Crippen LogP contribution in [0.4, 0.5) is 51.2 Å². The topological polar surface area (TPSA) is 40.9 Å². The molecule has 0 aliphatic carbocycles. The number of para-hydroxylation sites is 6. The molecular weight excluding hydrogens is 1240 g/mol. The minimum absolute atomic E-state index is 0.891. The summed E-state index contributed by atoms with van der Waals surface area (Å²) < 4.78 is 14.9. The van der Waals surface area contributed by atoms with Crippen LogP contribution in [0.25, 0.3) is 127 Å². The third-order valence-electron chi connectivity index (χ3n) is 20.0. The van der Waals surface area contributed by atoms with Gasteiger partial charge in [-0.05, 0) is 232 Å². The Morgan fingerprint density at radius 1 is 0.167 bits per heavy atom. The lowest BCUT2D eigenvalue weighted by atomic mass is 10.0. The molecular formula is C96H64N4O2. The molecule has 0 saturated heterocycles. The maximum Gasteiger partial charge on any atom is 0.136 e. The predicted molar refractivity (Wildman–Crippen MR) is 427 cm³/mol. The Labute approximate surface area is 590 Å². The van der Waals surface area contributed by atoms with E-state index in [0.717, 1.165) is 151 Å². The fraction of sp³-hybridized carbons (Fsp3) is 0. The highest BCUT2D eigenvalue weighted by atomic mass is 16.3. The van der Waals surface area contributed by atoms with Crippen molar-refractivity contribution in [3.63, 3.8) is 0 Å². The molecule has 3 heterocycles. The van der Waals surface area contributed by atoms with Crippen molar-refractivity contribution < 1.29 is 8.83 Å². The van der Waals surface area contributed by atoms with Crippen LogP contribution in [0.2, 0.25) is 0 Å². The molecule has 16 aromatic carbocycles. The number of benzene rings is 16. The average molecular weight is 1310 g/mol. The molecule has 0 bridgehead atoms. The van der Waals surface area contributed by atoms with Crippen LogP contribution in [0.15, 0.2) is 397 Å². The highest BCUT2D eigenvalue weighted by Crippen LogP contribution is 2.44. The third-order valence-corrected chi connectivity index (χ3v) is 20.0. The van der Waals surface area contributed by atoms with E-state index in [4.69, 9.17) is 8.83 Å². The van der Waals surface area contributed by atoms with E-state index in [-0.39, 0.29) is 0 Å². The van der Waals surface area contributed by atoms with Crippen LogP contribution in [0.1, 0.15) is 0 Å². The van der Waals surface area contributed by atoms with E-state index in [1.165, 1.54) is 27.4 Å². The number of hydrogen-bond acceptors (Lipinski definition) is 5. The summed E-state index contributed by atoms with van der Waals surface area (Å²) in [5.41, 5.74) is 28.0. The zero-order valence-corrected chi connectivity index (χ0v) is 55.6. The first kappa shape index (κ1) is 59.6. The van der Waals surface area contributed by atoms with Gasteiger partial charge in [0.05, 0.1) is 11.0 Å². The zero-order chi connectivity index (χ0) is 67.5. The second kappa shape index (κ2) is 25.3. The summed E-state index contributed by atoms with van der Waals surface area (Å²) in [6.07, 6.45) is 0. The molecule has 0 unspecified atom stereocenters. The van der Waals surface area contributed by atoms with Crippen LogP contribution in [0.3, 0.4) is 0 Å². The standard InChI is InChI=1S/C96H64N4O2/c1-4-16-75(17-5-1)97(80-55-38-70(39-56-80)73-42-59-88-86-23-11-14-26-93(86)101-95(88)63-73)78-45-28-65(29-46-78)67-32-49-82(50-33-67)99(84-53-36-69(37-54-84)72-44-61-92-90(62-72)85-22-10-13-25-91(85)100(92)77-20-8-3-9-21-77)83-51-34-68(35-52-83)66-30-47-79(48-31-66)98(76-18-6-2-7-19-76)81-57-40-71(41-58-81)74-43-60-89-87-24-12-15-27-94(87)102-96(89)64-74/h1-64H. The van der Waals surface area contributed by atoms with Gasteiger partial charge >= 0.3 is 0 Å². The fourth-order valence-electron chi connectivity index (χ4n) is 14.9. The van der Waals surface area contributed by atoms with Gasteiger partial charge in [-0.2, -0.15) is 0 Å². The zero-order valence-electron chi connectivity index (χ0n) is 55.6. The van der Waals surface area contributed by atoms with Crippen molar-refractivity contribution in [2.45, 2.75) is 0 Å². The Hall–Kier alpha value is -13.7. The van der Waals surface area contributed by atoms with E-state index >= 15 is 0 Å². The highest BCUT2D eigenvalue weighted by molar-refractivity contribution is 6.11. The molecule has 0 atom stereocenters. The monoisotopic (exact) mass is 1300 g/mol. The normalized spacial score (nSPS) is 11.5. The van der Waals surface area contributed by atoms with Crippen LogP contribution in [-0.4, -0.2) is 4.57 Å². The van der Waals surface area contributed by atoms with E-state index in [1.54, 1.807) is 0 Å². The van der Waals surface area contributed by atoms with Gasteiger partial charge in [-0.3, -0.25) is 0 Å². The van der Waals surface area contributed by atoms with Crippen LogP contribution in [-0.2, 0) is 0 Å². The molecule has 480 valence electrons. The second-order valence-electron chi connectivity index (χ2n) is 26.0. The molecule has 102 heavy (non-hydrogen) atoms. The number of aromatic nitrogens is 1. The number of nitrogens with zero attached hydrogens (tertiary/aromatic N) is 4. The maximum absolute atomic E-state index is 6.28. The number of fused-ring (bicyclic) bond motifs is 9. The first-order valence-corrected chi connectivity index (χ1v) is 34.7. The molecule has 0 aliphatic rings. The second-order valence-corrected chi connectivity index (χ2v) is 26.0. The van der Waals surface area contributed by atoms with Crippen molar-refractivity contribution in [1.82, 2.24) is 4.57 Å². The summed E-state index contributed by atoms with van der Waals surface area (Å²) in [7, 11) is 0. The molecule has 0 amide bonds. The van der Waals surface area contributed by atoms with Crippen molar-refractivity contribution in [1.29, 1.82) is 0 Å². The minimum atomic E-state index is 0.891. The molecule has 0 radical (unpaired) electrons. The van der Waals surface area contributed by atoms with Crippen molar-refractivity contribution in [2.75, 3.05) is 14.7 Å². The summed E-state index contributed by atoms with van der Waals surface area (Å²) in [6, 6.07) is 139. The van der Waals surface area contributed by atoms with Gasteiger partial charge in [0.1, 0.15) is 22.3 Å². The molecule has 6 nitrogen and oxygen atoms in total. The summed E-state index contributed by atoms with van der Waals surface area (Å²) in [5, 5.41) is 6.98. The number of anilines is 9. The molecule has 6 heteroatoms. The number of furan rings is 2. The largest absolute Gasteiger partial charge is 0.456 e. The van der Waals surface area contributed by atoms with Gasteiger partial charge in [-0.1, -0.05) is 212 Å². The molecule has 19 aromatic rings. The van der Waals surface area contributed by atoms with Gasteiger partial charge in [0.15, 0.2) is 0 Å². The SMILES string of the molecule is c1ccc(N(c2ccc(-c3ccc(N(c4ccc(-c5ccc(N(c6ccccc6)c6ccc(-c7ccc8c(c7)oc7ccccc78)cc6)cc5)cc4)c4ccc(-c5ccc6c(c5)c5ccccc5n6-c5ccccc5)cc4)cc3)cc2)c2ccc(-c3ccc4c(c3)oc3ccccc34)cc2)cc1. The summed E-state index contributed by atoms with van der Waals surface area (Å²) in [4.78, 5) is 7.00. The summed E-state index contributed by atoms with van der Waals surface area (Å²) in [6.45, 7) is 0. The van der Waals surface area contributed by atoms with E-state index in [9.17, 15) is 0 Å². The van der Waals surface area contributed by atoms with Gasteiger partial charge in [0, 0.05) is 89.2 Å². The van der Waals surface area contributed by atoms with Crippen LogP contribution in [0.5, 0.6) is 0 Å².